The number of rotatable bonds is 0. The van der Waals surface area contributed by atoms with Crippen LogP contribution in [-0.2, 0) is 0 Å². The van der Waals surface area contributed by atoms with E-state index < -0.39 is 0 Å². The molecule has 0 N–H and O–H groups in total. The summed E-state index contributed by atoms with van der Waals surface area (Å²) in [7, 11) is 0. The standard InChI is InChI=1S/C20H34/c1-13-18-12-19-15-7-5-4-6-14(15)8-9-16(19)17(18)10-11-20(13,2)3/h13-19H,4-12H2,1-3H3. The van der Waals surface area contributed by atoms with Crippen LogP contribution in [0.5, 0.6) is 0 Å². The van der Waals surface area contributed by atoms with Gasteiger partial charge < -0.3 is 0 Å². The van der Waals surface area contributed by atoms with Gasteiger partial charge in [-0.25, -0.2) is 0 Å². The van der Waals surface area contributed by atoms with Gasteiger partial charge in [0.2, 0.25) is 0 Å². The van der Waals surface area contributed by atoms with E-state index in [-0.39, 0.29) is 0 Å². The summed E-state index contributed by atoms with van der Waals surface area (Å²) < 4.78 is 0. The highest BCUT2D eigenvalue weighted by atomic mass is 14.6. The van der Waals surface area contributed by atoms with Gasteiger partial charge in [-0.2, -0.15) is 0 Å². The summed E-state index contributed by atoms with van der Waals surface area (Å²) in [5.74, 6) is 7.71. The molecule has 0 amide bonds. The molecule has 4 aliphatic carbocycles. The van der Waals surface area contributed by atoms with E-state index in [2.05, 4.69) is 20.8 Å². The highest BCUT2D eigenvalue weighted by Gasteiger charge is 2.54. The second kappa shape index (κ2) is 4.75. The Labute approximate surface area is 126 Å². The molecule has 0 saturated heterocycles. The van der Waals surface area contributed by atoms with Gasteiger partial charge in [0.05, 0.1) is 0 Å². The minimum absolute atomic E-state index is 0.612. The first-order chi connectivity index (χ1) is 9.58. The molecule has 0 radical (unpaired) electrons. The Bertz CT molecular complexity index is 368. The third-order valence-electron chi connectivity index (χ3n) is 8.58. The summed E-state index contributed by atoms with van der Waals surface area (Å²) in [4.78, 5) is 0. The van der Waals surface area contributed by atoms with Crippen molar-refractivity contribution >= 4 is 0 Å². The molecule has 0 nitrogen and oxygen atoms in total. The van der Waals surface area contributed by atoms with E-state index in [4.69, 9.17) is 0 Å². The lowest BCUT2D eigenvalue weighted by Gasteiger charge is -2.47. The maximum atomic E-state index is 2.59. The quantitative estimate of drug-likeness (QED) is 0.515. The second-order valence-corrected chi connectivity index (χ2v) is 9.49. The zero-order chi connectivity index (χ0) is 13.9. The minimum atomic E-state index is 0.612. The molecule has 0 heteroatoms. The van der Waals surface area contributed by atoms with Crippen molar-refractivity contribution in [2.24, 2.45) is 46.8 Å². The molecule has 114 valence electrons. The van der Waals surface area contributed by atoms with Gasteiger partial charge in [-0.15, -0.1) is 0 Å². The summed E-state index contributed by atoms with van der Waals surface area (Å²) in [5.41, 5.74) is 0.612. The van der Waals surface area contributed by atoms with Crippen LogP contribution < -0.4 is 0 Å². The van der Waals surface area contributed by atoms with Crippen molar-refractivity contribution in [2.75, 3.05) is 0 Å². The Kier molecular flexibility index (Phi) is 3.24. The SMILES string of the molecule is CC1C2CC3C4CCCCC4CCC3C2CCC1(C)C. The van der Waals surface area contributed by atoms with Crippen LogP contribution in [-0.4, -0.2) is 0 Å². The molecule has 4 aliphatic rings. The van der Waals surface area contributed by atoms with Crippen molar-refractivity contribution in [2.45, 2.75) is 78.6 Å². The fourth-order valence-electron chi connectivity index (χ4n) is 7.13. The largest absolute Gasteiger partial charge is 0.0617 e. The Balaban J connectivity index is 1.58. The fourth-order valence-corrected chi connectivity index (χ4v) is 7.13. The number of fused-ring (bicyclic) bond motifs is 5. The molecule has 0 aromatic carbocycles. The van der Waals surface area contributed by atoms with Crippen LogP contribution in [0.15, 0.2) is 0 Å². The van der Waals surface area contributed by atoms with Crippen LogP contribution >= 0.6 is 0 Å². The number of hydrogen-bond donors (Lipinski definition) is 0. The zero-order valence-electron chi connectivity index (χ0n) is 13.9. The van der Waals surface area contributed by atoms with Gasteiger partial charge in [0.1, 0.15) is 0 Å². The van der Waals surface area contributed by atoms with Crippen LogP contribution in [0.4, 0.5) is 0 Å². The van der Waals surface area contributed by atoms with Crippen LogP contribution in [0.1, 0.15) is 78.6 Å². The fraction of sp³-hybridized carbons (Fsp3) is 1.00. The Morgan fingerprint density at radius 2 is 1.45 bits per heavy atom. The van der Waals surface area contributed by atoms with Gasteiger partial charge in [0.25, 0.3) is 0 Å². The summed E-state index contributed by atoms with van der Waals surface area (Å²) in [5, 5.41) is 0. The zero-order valence-corrected chi connectivity index (χ0v) is 13.9. The monoisotopic (exact) mass is 274 g/mol. The van der Waals surface area contributed by atoms with Crippen LogP contribution in [0.25, 0.3) is 0 Å². The highest BCUT2D eigenvalue weighted by molar-refractivity contribution is 5.04. The second-order valence-electron chi connectivity index (χ2n) is 9.49. The predicted octanol–water partition coefficient (Wildman–Crippen LogP) is 5.91. The first-order valence-corrected chi connectivity index (χ1v) is 9.58. The van der Waals surface area contributed by atoms with Gasteiger partial charge in [0, 0.05) is 0 Å². The van der Waals surface area contributed by atoms with E-state index in [1.165, 1.54) is 12.8 Å². The molecule has 0 aromatic rings. The van der Waals surface area contributed by atoms with Crippen molar-refractivity contribution in [3.8, 4) is 0 Å². The molecule has 20 heavy (non-hydrogen) atoms. The van der Waals surface area contributed by atoms with Crippen molar-refractivity contribution in [1.82, 2.24) is 0 Å². The molecule has 0 aromatic heterocycles. The Morgan fingerprint density at radius 1 is 0.700 bits per heavy atom. The van der Waals surface area contributed by atoms with E-state index in [1.807, 2.05) is 0 Å². The summed E-state index contributed by atoms with van der Waals surface area (Å²) >= 11 is 0. The maximum absolute atomic E-state index is 2.59. The summed E-state index contributed by atoms with van der Waals surface area (Å²) in [6, 6.07) is 0. The molecule has 0 heterocycles. The van der Waals surface area contributed by atoms with Crippen LogP contribution in [0.3, 0.4) is 0 Å². The van der Waals surface area contributed by atoms with Crippen molar-refractivity contribution in [1.29, 1.82) is 0 Å². The van der Waals surface area contributed by atoms with Gasteiger partial charge in [0.15, 0.2) is 0 Å². The van der Waals surface area contributed by atoms with E-state index in [0.29, 0.717) is 5.41 Å². The first kappa shape index (κ1) is 13.6. The van der Waals surface area contributed by atoms with E-state index in [0.717, 1.165) is 41.4 Å². The van der Waals surface area contributed by atoms with Gasteiger partial charge in [-0.3, -0.25) is 0 Å². The summed E-state index contributed by atoms with van der Waals surface area (Å²) in [6.07, 6.45) is 14.1. The predicted molar refractivity (Wildman–Crippen MR) is 85.4 cm³/mol. The van der Waals surface area contributed by atoms with E-state index in [1.54, 1.807) is 44.9 Å². The van der Waals surface area contributed by atoms with E-state index in [9.17, 15) is 0 Å². The topological polar surface area (TPSA) is 0 Å². The third-order valence-corrected chi connectivity index (χ3v) is 8.58. The summed E-state index contributed by atoms with van der Waals surface area (Å²) in [6.45, 7) is 7.67. The highest BCUT2D eigenvalue weighted by Crippen LogP contribution is 2.63. The molecular formula is C20H34. The van der Waals surface area contributed by atoms with Crippen LogP contribution in [0.2, 0.25) is 0 Å². The first-order valence-electron chi connectivity index (χ1n) is 9.58. The lowest BCUT2D eigenvalue weighted by Crippen LogP contribution is -2.38. The molecule has 4 rings (SSSR count). The van der Waals surface area contributed by atoms with Crippen LogP contribution in [0, 0.1) is 46.8 Å². The molecule has 7 unspecified atom stereocenters. The van der Waals surface area contributed by atoms with Crippen molar-refractivity contribution in [3.05, 3.63) is 0 Å². The normalized spacial score (nSPS) is 53.9. The Hall–Kier alpha value is 0. The minimum Gasteiger partial charge on any atom is -0.0617 e. The van der Waals surface area contributed by atoms with E-state index >= 15 is 0 Å². The van der Waals surface area contributed by atoms with Gasteiger partial charge in [-0.05, 0) is 85.4 Å². The molecule has 0 spiro atoms. The van der Waals surface area contributed by atoms with Gasteiger partial charge >= 0.3 is 0 Å². The molecule has 0 aliphatic heterocycles. The Morgan fingerprint density at radius 3 is 2.30 bits per heavy atom. The molecule has 7 atom stereocenters. The molecule has 4 saturated carbocycles. The molecule has 4 fully saturated rings. The lowest BCUT2D eigenvalue weighted by atomic mass is 9.59. The average molecular weight is 274 g/mol. The smallest absolute Gasteiger partial charge is 0.0326 e. The third kappa shape index (κ3) is 1.92. The van der Waals surface area contributed by atoms with Crippen molar-refractivity contribution < 1.29 is 0 Å². The van der Waals surface area contributed by atoms with Gasteiger partial charge in [-0.1, -0.05) is 40.0 Å². The lowest BCUT2D eigenvalue weighted by molar-refractivity contribution is 0.0284. The molecular weight excluding hydrogens is 240 g/mol. The average Bonchev–Trinajstić information content (AvgIpc) is 2.83. The maximum Gasteiger partial charge on any atom is -0.0326 e. The van der Waals surface area contributed by atoms with Crippen molar-refractivity contribution in [3.63, 3.8) is 0 Å². The molecule has 0 bridgehead atoms. The number of hydrogen-bond acceptors (Lipinski definition) is 0.